The van der Waals surface area contributed by atoms with Crippen molar-refractivity contribution in [2.24, 2.45) is 12.8 Å². The Hall–Kier alpha value is -2.73. The molecule has 0 unspecified atom stereocenters. The molecular weight excluding hydrogens is 314 g/mol. The summed E-state index contributed by atoms with van der Waals surface area (Å²) in [5.74, 6) is 0.00799. The van der Waals surface area contributed by atoms with Gasteiger partial charge in [0.15, 0.2) is 5.65 Å². The number of nitrogens with two attached hydrogens (primary N) is 1. The smallest absolute Gasteiger partial charge is 0.254 e. The van der Waals surface area contributed by atoms with Gasteiger partial charge in [-0.05, 0) is 19.4 Å². The Morgan fingerprint density at radius 3 is 2.72 bits per heavy atom. The van der Waals surface area contributed by atoms with Crippen LogP contribution in [0.1, 0.15) is 22.5 Å². The van der Waals surface area contributed by atoms with E-state index in [1.165, 1.54) is 0 Å². The van der Waals surface area contributed by atoms with E-state index in [0.717, 1.165) is 34.4 Å². The first-order valence-electron chi connectivity index (χ1n) is 8.49. The van der Waals surface area contributed by atoms with Crippen LogP contribution in [-0.2, 0) is 7.05 Å². The van der Waals surface area contributed by atoms with Crippen LogP contribution in [0.2, 0.25) is 0 Å². The molecular formula is C19H21N5O. The number of nitrogens with zero attached hydrogens (tertiary/aromatic N) is 4. The van der Waals surface area contributed by atoms with E-state index < -0.39 is 0 Å². The van der Waals surface area contributed by atoms with Crippen molar-refractivity contribution in [3.05, 3.63) is 47.7 Å². The first kappa shape index (κ1) is 15.8. The number of amides is 1. The van der Waals surface area contributed by atoms with Gasteiger partial charge in [-0.1, -0.05) is 30.3 Å². The van der Waals surface area contributed by atoms with Crippen LogP contribution in [0, 0.1) is 6.92 Å². The normalized spacial score (nSPS) is 17.4. The number of aryl methyl sites for hydroxylation is 2. The van der Waals surface area contributed by atoms with E-state index >= 15 is 0 Å². The van der Waals surface area contributed by atoms with Crippen LogP contribution in [0.25, 0.3) is 22.3 Å². The molecule has 1 aliphatic heterocycles. The number of aromatic nitrogens is 3. The SMILES string of the molecule is Cc1nn(C)c2nc(-c3ccccc3)cc(C(=O)N3CC[C@@H](N)C3)c12. The van der Waals surface area contributed by atoms with Crippen molar-refractivity contribution in [3.63, 3.8) is 0 Å². The molecule has 1 atom stereocenters. The van der Waals surface area contributed by atoms with Gasteiger partial charge in [-0.25, -0.2) is 4.98 Å². The van der Waals surface area contributed by atoms with Crippen LogP contribution in [0.15, 0.2) is 36.4 Å². The lowest BCUT2D eigenvalue weighted by Gasteiger charge is -2.17. The molecule has 0 spiro atoms. The Kier molecular flexibility index (Phi) is 3.77. The maximum atomic E-state index is 13.2. The summed E-state index contributed by atoms with van der Waals surface area (Å²) in [6.45, 7) is 3.21. The summed E-state index contributed by atoms with van der Waals surface area (Å²) in [7, 11) is 1.86. The molecule has 128 valence electrons. The third kappa shape index (κ3) is 2.68. The van der Waals surface area contributed by atoms with E-state index in [9.17, 15) is 4.79 Å². The number of pyridine rings is 1. The summed E-state index contributed by atoms with van der Waals surface area (Å²) >= 11 is 0. The Morgan fingerprint density at radius 2 is 2.04 bits per heavy atom. The molecule has 0 radical (unpaired) electrons. The van der Waals surface area contributed by atoms with Gasteiger partial charge in [0, 0.05) is 31.7 Å². The molecule has 1 saturated heterocycles. The Balaban J connectivity index is 1.90. The van der Waals surface area contributed by atoms with Crippen LogP contribution in [0.5, 0.6) is 0 Å². The number of fused-ring (bicyclic) bond motifs is 1. The van der Waals surface area contributed by atoms with Gasteiger partial charge in [-0.3, -0.25) is 9.48 Å². The largest absolute Gasteiger partial charge is 0.337 e. The predicted molar refractivity (Wildman–Crippen MR) is 97.2 cm³/mol. The molecule has 6 nitrogen and oxygen atoms in total. The zero-order valence-electron chi connectivity index (χ0n) is 14.4. The third-order valence-corrected chi connectivity index (χ3v) is 4.78. The molecule has 6 heteroatoms. The van der Waals surface area contributed by atoms with E-state index in [-0.39, 0.29) is 11.9 Å². The van der Waals surface area contributed by atoms with E-state index in [2.05, 4.69) is 5.10 Å². The fraction of sp³-hybridized carbons (Fsp3) is 0.316. The van der Waals surface area contributed by atoms with Gasteiger partial charge in [-0.15, -0.1) is 0 Å². The highest BCUT2D eigenvalue weighted by atomic mass is 16.2. The summed E-state index contributed by atoms with van der Waals surface area (Å²) in [6.07, 6.45) is 0.845. The molecule has 25 heavy (non-hydrogen) atoms. The minimum absolute atomic E-state index is 0.00799. The lowest BCUT2D eigenvalue weighted by Crippen LogP contribution is -2.32. The van der Waals surface area contributed by atoms with Gasteiger partial charge in [0.2, 0.25) is 0 Å². The standard InChI is InChI=1S/C19H21N5O/c1-12-17-15(19(25)24-9-8-14(20)11-24)10-16(13-6-4-3-5-7-13)21-18(17)23(2)22-12/h3-7,10,14H,8-9,11,20H2,1-2H3/t14-/m1/s1. The molecule has 1 aromatic carbocycles. The lowest BCUT2D eigenvalue weighted by atomic mass is 10.0. The molecule has 3 aromatic rings. The van der Waals surface area contributed by atoms with Gasteiger partial charge in [0.1, 0.15) is 0 Å². The Morgan fingerprint density at radius 1 is 1.28 bits per heavy atom. The number of hydrogen-bond donors (Lipinski definition) is 1. The van der Waals surface area contributed by atoms with Crippen molar-refractivity contribution in [2.75, 3.05) is 13.1 Å². The van der Waals surface area contributed by atoms with Crippen molar-refractivity contribution in [1.82, 2.24) is 19.7 Å². The van der Waals surface area contributed by atoms with Crippen molar-refractivity contribution in [1.29, 1.82) is 0 Å². The van der Waals surface area contributed by atoms with Crippen molar-refractivity contribution in [2.45, 2.75) is 19.4 Å². The van der Waals surface area contributed by atoms with Crippen molar-refractivity contribution in [3.8, 4) is 11.3 Å². The van der Waals surface area contributed by atoms with Crippen LogP contribution in [0.4, 0.5) is 0 Å². The second-order valence-corrected chi connectivity index (χ2v) is 6.63. The van der Waals surface area contributed by atoms with Gasteiger partial charge >= 0.3 is 0 Å². The fourth-order valence-electron chi connectivity index (χ4n) is 3.51. The van der Waals surface area contributed by atoms with E-state index in [0.29, 0.717) is 18.7 Å². The summed E-state index contributed by atoms with van der Waals surface area (Å²) in [5.41, 5.74) is 9.95. The van der Waals surface area contributed by atoms with Crippen LogP contribution in [0.3, 0.4) is 0 Å². The molecule has 0 saturated carbocycles. The summed E-state index contributed by atoms with van der Waals surface area (Å²) in [6, 6.07) is 11.8. The first-order chi connectivity index (χ1) is 12.0. The van der Waals surface area contributed by atoms with E-state index in [4.69, 9.17) is 10.7 Å². The number of benzene rings is 1. The average Bonchev–Trinajstić information content (AvgIpc) is 3.18. The number of hydrogen-bond acceptors (Lipinski definition) is 4. The Labute approximate surface area is 146 Å². The van der Waals surface area contributed by atoms with Crippen LogP contribution < -0.4 is 5.73 Å². The summed E-state index contributed by atoms with van der Waals surface area (Å²) in [5, 5.41) is 5.29. The quantitative estimate of drug-likeness (QED) is 0.778. The molecule has 3 heterocycles. The number of carbonyl (C=O) groups is 1. The topological polar surface area (TPSA) is 77.0 Å². The average molecular weight is 335 g/mol. The van der Waals surface area contributed by atoms with E-state index in [1.807, 2.05) is 55.3 Å². The zero-order chi connectivity index (χ0) is 17.6. The minimum atomic E-state index is 0.00799. The Bertz CT molecular complexity index is 947. The van der Waals surface area contributed by atoms with Crippen molar-refractivity contribution < 1.29 is 4.79 Å². The van der Waals surface area contributed by atoms with E-state index in [1.54, 1.807) is 4.68 Å². The maximum Gasteiger partial charge on any atom is 0.254 e. The monoisotopic (exact) mass is 335 g/mol. The van der Waals surface area contributed by atoms with Gasteiger partial charge < -0.3 is 10.6 Å². The van der Waals surface area contributed by atoms with Gasteiger partial charge in [0.05, 0.1) is 22.3 Å². The molecule has 2 aromatic heterocycles. The number of carbonyl (C=O) groups excluding carboxylic acids is 1. The summed E-state index contributed by atoms with van der Waals surface area (Å²) in [4.78, 5) is 19.7. The zero-order valence-corrected chi connectivity index (χ0v) is 14.4. The predicted octanol–water partition coefficient (Wildman–Crippen LogP) is 2.12. The number of rotatable bonds is 2. The molecule has 0 aliphatic carbocycles. The molecule has 4 rings (SSSR count). The fourth-order valence-corrected chi connectivity index (χ4v) is 3.51. The lowest BCUT2D eigenvalue weighted by molar-refractivity contribution is 0.0792. The van der Waals surface area contributed by atoms with Crippen LogP contribution in [-0.4, -0.2) is 44.7 Å². The first-order valence-corrected chi connectivity index (χ1v) is 8.49. The molecule has 1 aliphatic rings. The molecule has 1 amide bonds. The highest BCUT2D eigenvalue weighted by Crippen LogP contribution is 2.28. The van der Waals surface area contributed by atoms with Crippen molar-refractivity contribution >= 4 is 16.9 Å². The third-order valence-electron chi connectivity index (χ3n) is 4.78. The van der Waals surface area contributed by atoms with Gasteiger partial charge in [0.25, 0.3) is 5.91 Å². The van der Waals surface area contributed by atoms with Crippen LogP contribution >= 0.6 is 0 Å². The maximum absolute atomic E-state index is 13.2. The second kappa shape index (κ2) is 5.97. The highest BCUT2D eigenvalue weighted by molar-refractivity contribution is 6.07. The second-order valence-electron chi connectivity index (χ2n) is 6.63. The number of likely N-dealkylation sites (tertiary alicyclic amines) is 1. The summed E-state index contributed by atoms with van der Waals surface area (Å²) < 4.78 is 1.74. The minimum Gasteiger partial charge on any atom is -0.337 e. The molecule has 2 N–H and O–H groups in total. The highest BCUT2D eigenvalue weighted by Gasteiger charge is 2.28. The van der Waals surface area contributed by atoms with Gasteiger partial charge in [-0.2, -0.15) is 5.10 Å². The molecule has 1 fully saturated rings. The molecule has 0 bridgehead atoms.